The zero-order valence-electron chi connectivity index (χ0n) is 14.2. The molecule has 0 amide bonds. The molecule has 4 rings (SSSR count). The number of phenols is 2. The highest BCUT2D eigenvalue weighted by atomic mass is 16.3. The lowest BCUT2D eigenvalue weighted by Gasteiger charge is -2.12. The fourth-order valence-electron chi connectivity index (χ4n) is 3.04. The Balaban J connectivity index is 2.08. The molecule has 0 unspecified atom stereocenters. The molecule has 0 aliphatic heterocycles. The van der Waals surface area contributed by atoms with Crippen LogP contribution in [0.1, 0.15) is 5.56 Å². The van der Waals surface area contributed by atoms with Gasteiger partial charge in [-0.1, -0.05) is 6.07 Å². The van der Waals surface area contributed by atoms with E-state index >= 15 is 0 Å². The van der Waals surface area contributed by atoms with Crippen LogP contribution in [0.5, 0.6) is 11.5 Å². The highest BCUT2D eigenvalue weighted by molar-refractivity contribution is 5.89. The molecule has 4 aromatic rings. The summed E-state index contributed by atoms with van der Waals surface area (Å²) in [6, 6.07) is 12.1. The molecule has 134 valence electrons. The Hall–Kier alpha value is -3.83. The number of fused-ring (bicyclic) bond motifs is 3. The number of rotatable bonds is 4. The molecular formula is C19H16N6O2. The lowest BCUT2D eigenvalue weighted by Crippen LogP contribution is -2.15. The van der Waals surface area contributed by atoms with E-state index in [4.69, 9.17) is 5.73 Å². The number of aromatic nitrogens is 3. The number of para-hydroxylation sites is 1. The average Bonchev–Trinajstić information content (AvgIpc) is 3.13. The topological polar surface area (TPSA) is 132 Å². The number of phenolic OH excluding ortho intramolecular Hbond substituents is 2. The summed E-state index contributed by atoms with van der Waals surface area (Å²) in [7, 11) is 0. The van der Waals surface area contributed by atoms with Crippen LogP contribution in [-0.2, 0) is 0 Å². The van der Waals surface area contributed by atoms with Gasteiger partial charge in [0.2, 0.25) is 0 Å². The van der Waals surface area contributed by atoms with Crippen LogP contribution in [0.25, 0.3) is 27.9 Å². The van der Waals surface area contributed by atoms with Gasteiger partial charge in [-0.3, -0.25) is 4.40 Å². The van der Waals surface area contributed by atoms with Crippen molar-refractivity contribution in [2.24, 2.45) is 5.73 Å². The third-order valence-electron chi connectivity index (χ3n) is 4.28. The Morgan fingerprint density at radius 2 is 2.04 bits per heavy atom. The Morgan fingerprint density at radius 1 is 1.19 bits per heavy atom. The van der Waals surface area contributed by atoms with E-state index in [-0.39, 0.29) is 11.5 Å². The standard InChI is InChI=1S/C19H16N6O2/c20-6-7-22-18-19-23-10-14(11-4-5-15(26)16(27)8-11)25(19)13-3-1-2-12(9-21)17(13)24-18/h1-5,8,10,26-27H,6-7,20H2,(H,22,24). The van der Waals surface area contributed by atoms with Gasteiger partial charge in [0.25, 0.3) is 0 Å². The molecule has 8 nitrogen and oxygen atoms in total. The minimum Gasteiger partial charge on any atom is -0.504 e. The number of benzene rings is 2. The van der Waals surface area contributed by atoms with Crippen LogP contribution in [0.4, 0.5) is 5.82 Å². The first kappa shape index (κ1) is 16.6. The molecule has 2 aromatic carbocycles. The highest BCUT2D eigenvalue weighted by Crippen LogP contribution is 2.33. The molecule has 2 heterocycles. The molecule has 0 atom stereocenters. The van der Waals surface area contributed by atoms with Gasteiger partial charge in [-0.2, -0.15) is 5.26 Å². The third-order valence-corrected chi connectivity index (χ3v) is 4.28. The van der Waals surface area contributed by atoms with Crippen molar-refractivity contribution in [3.8, 4) is 28.8 Å². The van der Waals surface area contributed by atoms with Crippen molar-refractivity contribution in [2.75, 3.05) is 18.4 Å². The van der Waals surface area contributed by atoms with Gasteiger partial charge < -0.3 is 21.3 Å². The molecular weight excluding hydrogens is 344 g/mol. The fourth-order valence-corrected chi connectivity index (χ4v) is 3.04. The first-order chi connectivity index (χ1) is 13.1. The maximum atomic E-state index is 9.88. The number of imidazole rings is 1. The van der Waals surface area contributed by atoms with Crippen molar-refractivity contribution in [3.05, 3.63) is 48.2 Å². The fraction of sp³-hybridized carbons (Fsp3) is 0.105. The lowest BCUT2D eigenvalue weighted by molar-refractivity contribution is 0.404. The van der Waals surface area contributed by atoms with Crippen molar-refractivity contribution in [1.82, 2.24) is 14.4 Å². The molecule has 0 aliphatic carbocycles. The quantitative estimate of drug-likeness (QED) is 0.410. The number of anilines is 1. The maximum Gasteiger partial charge on any atom is 0.181 e. The predicted molar refractivity (Wildman–Crippen MR) is 102 cm³/mol. The van der Waals surface area contributed by atoms with E-state index in [0.717, 1.165) is 0 Å². The van der Waals surface area contributed by atoms with Crippen LogP contribution in [0.3, 0.4) is 0 Å². The van der Waals surface area contributed by atoms with E-state index in [1.807, 2.05) is 10.5 Å². The minimum atomic E-state index is -0.222. The molecule has 0 saturated carbocycles. The summed E-state index contributed by atoms with van der Waals surface area (Å²) < 4.78 is 1.87. The number of nitrogens with zero attached hydrogens (tertiary/aromatic N) is 4. The van der Waals surface area contributed by atoms with Crippen LogP contribution in [0.15, 0.2) is 42.6 Å². The van der Waals surface area contributed by atoms with Gasteiger partial charge in [-0.05, 0) is 30.3 Å². The Morgan fingerprint density at radius 3 is 2.78 bits per heavy atom. The van der Waals surface area contributed by atoms with Gasteiger partial charge in [0.15, 0.2) is 23.0 Å². The van der Waals surface area contributed by atoms with E-state index in [1.54, 1.807) is 24.4 Å². The van der Waals surface area contributed by atoms with Gasteiger partial charge in [-0.15, -0.1) is 0 Å². The minimum absolute atomic E-state index is 0.198. The number of nitrogens with two attached hydrogens (primary N) is 1. The molecule has 5 N–H and O–H groups in total. The molecule has 0 spiro atoms. The average molecular weight is 360 g/mol. The highest BCUT2D eigenvalue weighted by Gasteiger charge is 2.17. The summed E-state index contributed by atoms with van der Waals surface area (Å²) in [5.74, 6) is 0.0982. The van der Waals surface area contributed by atoms with Crippen LogP contribution >= 0.6 is 0 Å². The Bertz CT molecular complexity index is 1210. The lowest BCUT2D eigenvalue weighted by atomic mass is 10.1. The molecule has 2 aromatic heterocycles. The van der Waals surface area contributed by atoms with Crippen molar-refractivity contribution < 1.29 is 10.2 Å². The van der Waals surface area contributed by atoms with Gasteiger partial charge >= 0.3 is 0 Å². The molecule has 0 bridgehead atoms. The third kappa shape index (κ3) is 2.67. The summed E-state index contributed by atoms with van der Waals surface area (Å²) in [4.78, 5) is 9.06. The van der Waals surface area contributed by atoms with Crippen molar-refractivity contribution in [2.45, 2.75) is 0 Å². The van der Waals surface area contributed by atoms with Crippen LogP contribution < -0.4 is 11.1 Å². The van der Waals surface area contributed by atoms with E-state index in [1.165, 1.54) is 12.1 Å². The molecule has 8 heteroatoms. The van der Waals surface area contributed by atoms with Crippen molar-refractivity contribution >= 4 is 22.5 Å². The molecule has 0 aliphatic rings. The second-order valence-electron chi connectivity index (χ2n) is 5.97. The Labute approximate surface area is 154 Å². The molecule has 0 radical (unpaired) electrons. The number of hydrogen-bond acceptors (Lipinski definition) is 7. The Kier molecular flexibility index (Phi) is 3.99. The van der Waals surface area contributed by atoms with Crippen LogP contribution in [0, 0.1) is 11.3 Å². The van der Waals surface area contributed by atoms with E-state index in [0.29, 0.717) is 52.4 Å². The summed E-state index contributed by atoms with van der Waals surface area (Å²) in [6.45, 7) is 0.927. The van der Waals surface area contributed by atoms with Gasteiger partial charge in [-0.25, -0.2) is 9.97 Å². The monoisotopic (exact) mass is 360 g/mol. The first-order valence-electron chi connectivity index (χ1n) is 8.30. The predicted octanol–water partition coefficient (Wildman–Crippen LogP) is 2.20. The van der Waals surface area contributed by atoms with Crippen LogP contribution in [-0.4, -0.2) is 37.7 Å². The number of aromatic hydroxyl groups is 2. The normalized spacial score (nSPS) is 11.0. The smallest absolute Gasteiger partial charge is 0.181 e. The summed E-state index contributed by atoms with van der Waals surface area (Å²) in [6.07, 6.45) is 1.66. The zero-order valence-corrected chi connectivity index (χ0v) is 14.2. The number of nitrogens with one attached hydrogen (secondary N) is 1. The number of hydrogen-bond donors (Lipinski definition) is 4. The van der Waals surface area contributed by atoms with Gasteiger partial charge in [0.1, 0.15) is 11.6 Å². The molecule has 0 fully saturated rings. The van der Waals surface area contributed by atoms with E-state index < -0.39 is 0 Å². The van der Waals surface area contributed by atoms with Crippen LogP contribution in [0.2, 0.25) is 0 Å². The summed E-state index contributed by atoms with van der Waals surface area (Å²) in [5.41, 5.74) is 9.22. The van der Waals surface area contributed by atoms with Crippen molar-refractivity contribution in [3.63, 3.8) is 0 Å². The number of nitriles is 1. The second-order valence-corrected chi connectivity index (χ2v) is 5.97. The van der Waals surface area contributed by atoms with Gasteiger partial charge in [0.05, 0.1) is 23.0 Å². The maximum absolute atomic E-state index is 9.88. The molecule has 0 saturated heterocycles. The largest absolute Gasteiger partial charge is 0.504 e. The van der Waals surface area contributed by atoms with Crippen molar-refractivity contribution in [1.29, 1.82) is 5.26 Å². The zero-order chi connectivity index (χ0) is 19.0. The summed E-state index contributed by atoms with van der Waals surface area (Å²) in [5, 5.41) is 32.1. The van der Waals surface area contributed by atoms with Gasteiger partial charge in [0, 0.05) is 18.7 Å². The summed E-state index contributed by atoms with van der Waals surface area (Å²) >= 11 is 0. The molecule has 27 heavy (non-hydrogen) atoms. The second kappa shape index (κ2) is 6.48. The van der Waals surface area contributed by atoms with E-state index in [2.05, 4.69) is 21.4 Å². The first-order valence-corrected chi connectivity index (χ1v) is 8.30. The SMILES string of the molecule is N#Cc1cccc2c1nc(NCCN)c1ncc(-c3ccc(O)c(O)c3)n12. The van der Waals surface area contributed by atoms with E-state index in [9.17, 15) is 15.5 Å².